The summed E-state index contributed by atoms with van der Waals surface area (Å²) >= 11 is 2.56. The number of amides is 2. The zero-order valence-corrected chi connectivity index (χ0v) is 27.0. The van der Waals surface area contributed by atoms with E-state index < -0.39 is 28.2 Å². The first-order valence-corrected chi connectivity index (χ1v) is 16.8. The smallest absolute Gasteiger partial charge is 0.349 e. The van der Waals surface area contributed by atoms with Gasteiger partial charge in [0.2, 0.25) is 11.8 Å². The van der Waals surface area contributed by atoms with E-state index in [-0.39, 0.29) is 23.4 Å². The van der Waals surface area contributed by atoms with Crippen LogP contribution in [0.1, 0.15) is 30.5 Å². The Labute approximate surface area is 272 Å². The van der Waals surface area contributed by atoms with Crippen LogP contribution in [0.3, 0.4) is 0 Å². The van der Waals surface area contributed by atoms with Gasteiger partial charge in [-0.3, -0.25) is 14.4 Å². The van der Waals surface area contributed by atoms with Crippen molar-refractivity contribution in [2.24, 2.45) is 0 Å². The summed E-state index contributed by atoms with van der Waals surface area (Å²) in [5, 5.41) is 7.38. The molecule has 45 heavy (non-hydrogen) atoms. The van der Waals surface area contributed by atoms with Crippen LogP contribution < -0.4 is 10.6 Å². The number of carbonyl (C=O) groups is 4. The van der Waals surface area contributed by atoms with Crippen LogP contribution in [0.5, 0.6) is 0 Å². The van der Waals surface area contributed by atoms with Gasteiger partial charge in [-0.2, -0.15) is 0 Å². The lowest BCUT2D eigenvalue weighted by atomic mass is 9.95. The summed E-state index contributed by atoms with van der Waals surface area (Å²) in [7, 11) is 0. The molecule has 0 saturated carbocycles. The molecule has 4 unspecified atom stereocenters. The number of rotatable bonds is 14. The van der Waals surface area contributed by atoms with Gasteiger partial charge in [0.25, 0.3) is 0 Å². The molecule has 3 aromatic rings. The van der Waals surface area contributed by atoms with Crippen molar-refractivity contribution in [2.75, 3.05) is 18.8 Å². The van der Waals surface area contributed by atoms with Gasteiger partial charge < -0.3 is 20.4 Å². The Balaban J connectivity index is 1.28. The Hall–Kier alpha value is -3.64. The van der Waals surface area contributed by atoms with E-state index in [2.05, 4.69) is 10.6 Å². The summed E-state index contributed by atoms with van der Waals surface area (Å²) in [5.74, 6) is -0.832. The Morgan fingerprint density at radius 2 is 1.53 bits per heavy atom. The second-order valence-corrected chi connectivity index (χ2v) is 14.2. The maximum atomic E-state index is 14.0. The highest BCUT2D eigenvalue weighted by atomic mass is 32.2. The first-order chi connectivity index (χ1) is 21.7. The van der Waals surface area contributed by atoms with E-state index in [1.54, 1.807) is 5.06 Å². The van der Waals surface area contributed by atoms with Gasteiger partial charge in [0.1, 0.15) is 17.5 Å². The highest BCUT2D eigenvalue weighted by Crippen LogP contribution is 2.52. The summed E-state index contributed by atoms with van der Waals surface area (Å²) in [5.41, 5.74) is 2.97. The SMILES string of the molecule is CC(=O)SCC1(C)SC2C(NC(=O)Cc3ccccc3)C(=O)N2C1C(=O)ON(CCNCc1ccccc1)Cc1ccccc1. The number of nitrogens with zero attached hydrogens (tertiary/aromatic N) is 2. The van der Waals surface area contributed by atoms with Crippen LogP contribution >= 0.6 is 23.5 Å². The third-order valence-electron chi connectivity index (χ3n) is 7.77. The lowest BCUT2D eigenvalue weighted by molar-refractivity contribution is -0.203. The number of fused-ring (bicyclic) bond motifs is 1. The molecule has 0 spiro atoms. The summed E-state index contributed by atoms with van der Waals surface area (Å²) < 4.78 is -0.809. The maximum absolute atomic E-state index is 14.0. The fourth-order valence-corrected chi connectivity index (χ4v) is 8.18. The summed E-state index contributed by atoms with van der Waals surface area (Å²) in [4.78, 5) is 59.9. The fraction of sp³-hybridized carbons (Fsp3) is 0.353. The Morgan fingerprint density at radius 3 is 2.16 bits per heavy atom. The molecular weight excluding hydrogens is 609 g/mol. The average Bonchev–Trinajstić information content (AvgIpc) is 3.32. The second kappa shape index (κ2) is 15.1. The molecule has 236 valence electrons. The minimum Gasteiger partial charge on any atom is -0.366 e. The van der Waals surface area contributed by atoms with Crippen LogP contribution in [0.25, 0.3) is 0 Å². The van der Waals surface area contributed by atoms with E-state index in [0.717, 1.165) is 28.5 Å². The van der Waals surface area contributed by atoms with E-state index in [1.807, 2.05) is 97.9 Å². The molecule has 2 fully saturated rings. The quantitative estimate of drug-likeness (QED) is 0.154. The lowest BCUT2D eigenvalue weighted by Crippen LogP contribution is -2.71. The minimum absolute atomic E-state index is 0.0765. The van der Waals surface area contributed by atoms with Crippen LogP contribution in [-0.2, 0) is 43.5 Å². The third kappa shape index (κ3) is 8.35. The maximum Gasteiger partial charge on any atom is 0.349 e. The van der Waals surface area contributed by atoms with Crippen molar-refractivity contribution in [1.29, 1.82) is 0 Å². The molecular formula is C34H38N4O5S2. The monoisotopic (exact) mass is 646 g/mol. The molecule has 2 heterocycles. The van der Waals surface area contributed by atoms with Crippen LogP contribution in [0, 0.1) is 0 Å². The topological polar surface area (TPSA) is 108 Å². The standard InChI is InChI=1S/C34H38N4O5S2/c1-24(39)44-23-34(2)30(38-31(41)29(32(38)45-34)36-28(40)20-25-12-6-3-7-13-25)33(42)43-37(22-27-16-10-5-11-17-27)19-18-35-21-26-14-8-4-9-15-26/h3-17,29-30,32,35H,18-23H2,1-2H3,(H,36,40). The number of hydroxylamine groups is 2. The molecule has 2 aliphatic rings. The van der Waals surface area contributed by atoms with Crippen molar-refractivity contribution in [3.63, 3.8) is 0 Å². The summed E-state index contributed by atoms with van der Waals surface area (Å²) in [6, 6.07) is 27.4. The van der Waals surface area contributed by atoms with E-state index in [4.69, 9.17) is 4.84 Å². The van der Waals surface area contributed by atoms with E-state index in [0.29, 0.717) is 31.9 Å². The molecule has 0 aliphatic carbocycles. The number of benzene rings is 3. The van der Waals surface area contributed by atoms with Crippen LogP contribution in [-0.4, -0.2) is 73.9 Å². The molecule has 2 saturated heterocycles. The van der Waals surface area contributed by atoms with Gasteiger partial charge in [-0.15, -0.1) is 16.8 Å². The predicted octanol–water partition coefficient (Wildman–Crippen LogP) is 3.79. The van der Waals surface area contributed by atoms with Crippen molar-refractivity contribution >= 4 is 46.4 Å². The van der Waals surface area contributed by atoms with Gasteiger partial charge in [0.05, 0.1) is 17.7 Å². The van der Waals surface area contributed by atoms with Crippen molar-refractivity contribution in [3.05, 3.63) is 108 Å². The summed E-state index contributed by atoms with van der Waals surface area (Å²) in [6.45, 7) is 5.39. The minimum atomic E-state index is -0.926. The van der Waals surface area contributed by atoms with Crippen molar-refractivity contribution in [1.82, 2.24) is 20.6 Å². The Bertz CT molecular complexity index is 1480. The predicted molar refractivity (Wildman–Crippen MR) is 177 cm³/mol. The van der Waals surface area contributed by atoms with Crippen molar-refractivity contribution in [3.8, 4) is 0 Å². The van der Waals surface area contributed by atoms with Gasteiger partial charge in [-0.25, -0.2) is 4.79 Å². The van der Waals surface area contributed by atoms with Crippen molar-refractivity contribution in [2.45, 2.75) is 55.6 Å². The van der Waals surface area contributed by atoms with E-state index in [9.17, 15) is 19.2 Å². The Morgan fingerprint density at radius 1 is 0.933 bits per heavy atom. The molecule has 4 atom stereocenters. The lowest BCUT2D eigenvalue weighted by Gasteiger charge is -2.44. The molecule has 2 N–H and O–H groups in total. The first kappa shape index (κ1) is 32.7. The zero-order valence-electron chi connectivity index (χ0n) is 25.4. The van der Waals surface area contributed by atoms with Gasteiger partial charge in [-0.05, 0) is 23.6 Å². The molecule has 2 aliphatic heterocycles. The molecule has 0 radical (unpaired) electrons. The number of hydrogen-bond donors (Lipinski definition) is 2. The van der Waals surface area contributed by atoms with Crippen LogP contribution in [0.15, 0.2) is 91.0 Å². The van der Waals surface area contributed by atoms with Gasteiger partial charge in [0.15, 0.2) is 5.12 Å². The molecule has 5 rings (SSSR count). The van der Waals surface area contributed by atoms with E-state index in [1.165, 1.54) is 23.6 Å². The van der Waals surface area contributed by atoms with Crippen molar-refractivity contribution < 1.29 is 24.0 Å². The first-order valence-electron chi connectivity index (χ1n) is 15.0. The van der Waals surface area contributed by atoms with Crippen LogP contribution in [0.4, 0.5) is 0 Å². The highest BCUT2D eigenvalue weighted by molar-refractivity contribution is 8.14. The van der Waals surface area contributed by atoms with Gasteiger partial charge in [0, 0.05) is 32.3 Å². The molecule has 3 aromatic carbocycles. The molecule has 11 heteroatoms. The number of nitrogens with one attached hydrogen (secondary N) is 2. The number of β-lactam (4-membered cyclic amide) rings is 1. The molecule has 2 amide bonds. The zero-order chi connectivity index (χ0) is 31.8. The number of carbonyl (C=O) groups excluding carboxylic acids is 4. The molecule has 0 aromatic heterocycles. The van der Waals surface area contributed by atoms with Crippen LogP contribution in [0.2, 0.25) is 0 Å². The van der Waals surface area contributed by atoms with Gasteiger partial charge in [-0.1, -0.05) is 103 Å². The number of thioether (sulfide) groups is 2. The third-order valence-corrected chi connectivity index (χ3v) is 10.7. The fourth-order valence-electron chi connectivity index (χ4n) is 5.53. The largest absolute Gasteiger partial charge is 0.366 e. The Kier molecular flexibility index (Phi) is 11.0. The summed E-state index contributed by atoms with van der Waals surface area (Å²) in [6.07, 6.45) is 0.150. The number of hydrogen-bond acceptors (Lipinski definition) is 9. The average molecular weight is 647 g/mol. The highest BCUT2D eigenvalue weighted by Gasteiger charge is 2.66. The van der Waals surface area contributed by atoms with E-state index >= 15 is 0 Å². The molecule has 0 bridgehead atoms. The second-order valence-electron chi connectivity index (χ2n) is 11.4. The normalized spacial score (nSPS) is 22.1. The molecule has 9 nitrogen and oxygen atoms in total. The van der Waals surface area contributed by atoms with Gasteiger partial charge >= 0.3 is 5.97 Å².